The monoisotopic (exact) mass is 401 g/mol. The van der Waals surface area contributed by atoms with Gasteiger partial charge in [-0.3, -0.25) is 5.32 Å². The van der Waals surface area contributed by atoms with Gasteiger partial charge in [0.1, 0.15) is 11.6 Å². The summed E-state index contributed by atoms with van der Waals surface area (Å²) in [4.78, 5) is 34.4. The first-order valence-electron chi connectivity index (χ1n) is 8.35. The Bertz CT molecular complexity index is 951. The van der Waals surface area contributed by atoms with E-state index >= 15 is 0 Å². The highest BCUT2D eigenvalue weighted by Gasteiger charge is 2.29. The molecular weight excluding hydrogens is 382 g/mol. The number of thiazole rings is 1. The molecule has 0 fully saturated rings. The third-order valence-corrected chi connectivity index (χ3v) is 4.49. The van der Waals surface area contributed by atoms with Crippen LogP contribution in [0.15, 0.2) is 42.0 Å². The van der Waals surface area contributed by atoms with Crippen molar-refractivity contribution in [2.75, 3.05) is 5.32 Å². The fourth-order valence-corrected chi connectivity index (χ4v) is 2.91. The molecule has 3 rings (SSSR count). The molecule has 2 amide bonds. The minimum Gasteiger partial charge on any atom is -0.478 e. The Balaban J connectivity index is 1.58. The number of hydrogen-bond acceptors (Lipinski definition) is 6. The van der Waals surface area contributed by atoms with E-state index in [4.69, 9.17) is 9.84 Å². The Hall–Kier alpha value is -3.40. The van der Waals surface area contributed by atoms with Crippen molar-refractivity contribution in [3.05, 3.63) is 47.9 Å². The topological polar surface area (TPSA) is 129 Å². The zero-order valence-electron chi connectivity index (χ0n) is 15.2. The number of aromatic nitrogens is 3. The van der Waals surface area contributed by atoms with E-state index in [0.717, 1.165) is 5.56 Å². The van der Waals surface area contributed by atoms with Crippen LogP contribution in [0.25, 0.3) is 11.3 Å². The van der Waals surface area contributed by atoms with Gasteiger partial charge in [0, 0.05) is 23.3 Å². The molecule has 0 aliphatic heterocycles. The summed E-state index contributed by atoms with van der Waals surface area (Å²) >= 11 is 1.30. The van der Waals surface area contributed by atoms with Gasteiger partial charge in [-0.2, -0.15) is 0 Å². The number of carboxylic acids is 1. The lowest BCUT2D eigenvalue weighted by molar-refractivity contribution is -0.152. The van der Waals surface area contributed by atoms with Gasteiger partial charge in [0.2, 0.25) is 0 Å². The summed E-state index contributed by atoms with van der Waals surface area (Å²) in [7, 11) is 0. The molecule has 0 spiro atoms. The maximum absolute atomic E-state index is 11.9. The van der Waals surface area contributed by atoms with E-state index in [9.17, 15) is 9.59 Å². The molecular formula is C18H19N5O4S. The van der Waals surface area contributed by atoms with Crippen LogP contribution in [-0.2, 0) is 11.3 Å². The molecule has 4 N–H and O–H groups in total. The maximum Gasteiger partial charge on any atom is 0.347 e. The van der Waals surface area contributed by atoms with Gasteiger partial charge in [-0.05, 0) is 38.1 Å². The van der Waals surface area contributed by atoms with Crippen LogP contribution in [0.2, 0.25) is 0 Å². The van der Waals surface area contributed by atoms with Crippen LogP contribution < -0.4 is 15.4 Å². The number of rotatable bonds is 7. The van der Waals surface area contributed by atoms with E-state index in [-0.39, 0.29) is 12.6 Å². The lowest BCUT2D eigenvalue weighted by atomic mass is 10.1. The molecule has 0 aliphatic carbocycles. The quantitative estimate of drug-likeness (QED) is 0.481. The van der Waals surface area contributed by atoms with Gasteiger partial charge in [-0.1, -0.05) is 0 Å². The zero-order chi connectivity index (χ0) is 20.1. The molecule has 0 saturated heterocycles. The van der Waals surface area contributed by atoms with Crippen LogP contribution in [-0.4, -0.2) is 37.7 Å². The number of benzene rings is 1. The van der Waals surface area contributed by atoms with Crippen molar-refractivity contribution in [3.8, 4) is 17.0 Å². The number of aromatic amines is 1. The predicted octanol–water partition coefficient (Wildman–Crippen LogP) is 3.10. The number of H-pyrrole nitrogens is 1. The highest BCUT2D eigenvalue weighted by Crippen LogP contribution is 2.27. The smallest absolute Gasteiger partial charge is 0.347 e. The fraction of sp³-hybridized carbons (Fsp3) is 0.222. The summed E-state index contributed by atoms with van der Waals surface area (Å²) in [6, 6.07) is 6.55. The molecule has 1 aromatic carbocycles. The Morgan fingerprint density at radius 2 is 2.04 bits per heavy atom. The molecule has 0 atom stereocenters. The largest absolute Gasteiger partial charge is 0.478 e. The molecule has 9 nitrogen and oxygen atoms in total. The molecule has 2 aromatic heterocycles. The van der Waals surface area contributed by atoms with Crippen LogP contribution in [0.1, 0.15) is 19.7 Å². The van der Waals surface area contributed by atoms with Crippen molar-refractivity contribution in [2.24, 2.45) is 0 Å². The van der Waals surface area contributed by atoms with Crippen molar-refractivity contribution in [1.29, 1.82) is 0 Å². The zero-order valence-corrected chi connectivity index (χ0v) is 16.0. The number of imidazole rings is 1. The molecule has 2 heterocycles. The minimum atomic E-state index is -1.32. The van der Waals surface area contributed by atoms with Gasteiger partial charge in [-0.15, -0.1) is 11.3 Å². The van der Waals surface area contributed by atoms with E-state index in [1.165, 1.54) is 25.2 Å². The van der Waals surface area contributed by atoms with E-state index in [1.54, 1.807) is 36.7 Å². The summed E-state index contributed by atoms with van der Waals surface area (Å²) in [5.74, 6) is 0.0579. The second-order valence-electron chi connectivity index (χ2n) is 6.32. The third kappa shape index (κ3) is 4.86. The number of nitrogens with one attached hydrogen (secondary N) is 3. The number of carboxylic acid groups (broad SMARTS) is 1. The summed E-state index contributed by atoms with van der Waals surface area (Å²) in [5.41, 5.74) is 0.193. The minimum absolute atomic E-state index is 0.283. The van der Waals surface area contributed by atoms with E-state index in [1.807, 2.05) is 5.38 Å². The van der Waals surface area contributed by atoms with Crippen molar-refractivity contribution in [2.45, 2.75) is 26.0 Å². The molecule has 0 bridgehead atoms. The first-order valence-corrected chi connectivity index (χ1v) is 9.23. The van der Waals surface area contributed by atoms with Crippen LogP contribution in [0.5, 0.6) is 5.75 Å². The highest BCUT2D eigenvalue weighted by atomic mass is 32.1. The summed E-state index contributed by atoms with van der Waals surface area (Å²) in [6.45, 7) is 3.25. The van der Waals surface area contributed by atoms with Crippen molar-refractivity contribution < 1.29 is 19.4 Å². The van der Waals surface area contributed by atoms with E-state index < -0.39 is 11.6 Å². The van der Waals surface area contributed by atoms with Gasteiger partial charge in [-0.25, -0.2) is 19.6 Å². The number of carbonyl (C=O) groups is 2. The second-order valence-corrected chi connectivity index (χ2v) is 7.18. The molecule has 3 aromatic rings. The second kappa shape index (κ2) is 8.09. The molecule has 0 unspecified atom stereocenters. The van der Waals surface area contributed by atoms with Crippen molar-refractivity contribution in [1.82, 2.24) is 20.3 Å². The Labute approximate surface area is 164 Å². The number of ether oxygens (including phenoxy) is 1. The Kier molecular flexibility index (Phi) is 5.59. The summed E-state index contributed by atoms with van der Waals surface area (Å²) in [6.07, 6.45) is 3.29. The average Bonchev–Trinajstić information content (AvgIpc) is 3.32. The lowest BCUT2D eigenvalue weighted by Crippen LogP contribution is -2.37. The number of carbonyl (C=O) groups excluding carboxylic acids is 1. The SMILES string of the molecule is CC(C)(Oc1ccc(-c2csc(NC(=O)NCc3ncc[nH]3)n2)cc1)C(=O)O. The number of hydrogen-bond donors (Lipinski definition) is 4. The fourth-order valence-electron chi connectivity index (χ4n) is 2.20. The average molecular weight is 401 g/mol. The number of nitrogens with zero attached hydrogens (tertiary/aromatic N) is 2. The maximum atomic E-state index is 11.9. The summed E-state index contributed by atoms with van der Waals surface area (Å²) < 4.78 is 5.48. The Morgan fingerprint density at radius 1 is 1.29 bits per heavy atom. The molecule has 0 radical (unpaired) electrons. The number of anilines is 1. The van der Waals surface area contributed by atoms with Gasteiger partial charge >= 0.3 is 12.0 Å². The van der Waals surface area contributed by atoms with Gasteiger partial charge in [0.25, 0.3) is 0 Å². The molecule has 0 saturated carbocycles. The lowest BCUT2D eigenvalue weighted by Gasteiger charge is -2.21. The number of urea groups is 1. The summed E-state index contributed by atoms with van der Waals surface area (Å²) in [5, 5.41) is 16.8. The third-order valence-electron chi connectivity index (χ3n) is 3.73. The number of amides is 2. The first kappa shape index (κ1) is 19.4. The van der Waals surface area contributed by atoms with Crippen molar-refractivity contribution >= 4 is 28.5 Å². The van der Waals surface area contributed by atoms with Crippen LogP contribution in [0.4, 0.5) is 9.93 Å². The normalized spacial score (nSPS) is 11.1. The van der Waals surface area contributed by atoms with Gasteiger partial charge in [0.05, 0.1) is 12.2 Å². The van der Waals surface area contributed by atoms with Crippen LogP contribution in [0.3, 0.4) is 0 Å². The Morgan fingerprint density at radius 3 is 2.68 bits per heavy atom. The standard InChI is InChI=1S/C18H19N5O4S/c1-18(2,15(24)25)27-12-5-3-11(4-6-12)13-10-28-17(22-13)23-16(26)21-9-14-19-7-8-20-14/h3-8,10H,9H2,1-2H3,(H,19,20)(H,24,25)(H2,21,22,23,26). The van der Waals surface area contributed by atoms with Gasteiger partial charge in [0.15, 0.2) is 10.7 Å². The van der Waals surface area contributed by atoms with Crippen molar-refractivity contribution in [3.63, 3.8) is 0 Å². The molecule has 10 heteroatoms. The van der Waals surface area contributed by atoms with Crippen LogP contribution in [0, 0.1) is 0 Å². The highest BCUT2D eigenvalue weighted by molar-refractivity contribution is 7.14. The van der Waals surface area contributed by atoms with E-state index in [2.05, 4.69) is 25.6 Å². The van der Waals surface area contributed by atoms with E-state index in [0.29, 0.717) is 22.4 Å². The first-order chi connectivity index (χ1) is 13.3. The number of aliphatic carboxylic acids is 1. The van der Waals surface area contributed by atoms with Gasteiger partial charge < -0.3 is 20.1 Å². The predicted molar refractivity (Wildman–Crippen MR) is 104 cm³/mol. The van der Waals surface area contributed by atoms with Crippen LogP contribution >= 0.6 is 11.3 Å². The molecule has 146 valence electrons. The molecule has 0 aliphatic rings. The molecule has 28 heavy (non-hydrogen) atoms.